The molecule has 5 nitrogen and oxygen atoms in total. The van der Waals surface area contributed by atoms with E-state index in [9.17, 15) is 4.79 Å². The third-order valence-corrected chi connectivity index (χ3v) is 5.27. The number of carbonyl (C=O) groups is 1. The third kappa shape index (κ3) is 3.62. The van der Waals surface area contributed by atoms with E-state index in [2.05, 4.69) is 6.07 Å². The number of benzene rings is 2. The Kier molecular flexibility index (Phi) is 6.05. The van der Waals surface area contributed by atoms with Gasteiger partial charge in [-0.05, 0) is 55.6 Å². The fourth-order valence-electron chi connectivity index (χ4n) is 3.85. The van der Waals surface area contributed by atoms with E-state index in [-0.39, 0.29) is 11.8 Å². The molecule has 0 bridgehead atoms. The van der Waals surface area contributed by atoms with E-state index in [1.165, 1.54) is 0 Å². The van der Waals surface area contributed by atoms with Crippen molar-refractivity contribution in [3.63, 3.8) is 0 Å². The molecule has 2 N–H and O–H groups in total. The van der Waals surface area contributed by atoms with Crippen LogP contribution in [-0.2, 0) is 12.8 Å². The Bertz CT molecular complexity index is 991. The Hall–Kier alpha value is -2.79. The largest absolute Gasteiger partial charge is 0.493 e. The van der Waals surface area contributed by atoms with Gasteiger partial charge in [-0.3, -0.25) is 9.36 Å². The van der Waals surface area contributed by atoms with Crippen molar-refractivity contribution in [2.45, 2.75) is 26.7 Å². The lowest BCUT2D eigenvalue weighted by Gasteiger charge is -2.15. The van der Waals surface area contributed by atoms with Crippen molar-refractivity contribution in [3.8, 4) is 11.5 Å². The van der Waals surface area contributed by atoms with E-state index in [4.69, 9.17) is 15.2 Å². The van der Waals surface area contributed by atoms with Gasteiger partial charge in [0.15, 0.2) is 11.5 Å². The predicted octanol–water partition coefficient (Wildman–Crippen LogP) is 3.99. The lowest BCUT2D eigenvalue weighted by molar-refractivity contribution is 0.0847. The number of methoxy groups -OCH3 is 2. The topological polar surface area (TPSA) is 66.5 Å². The molecule has 0 aliphatic carbocycles. The number of hydrogen-bond acceptors (Lipinski definition) is 4. The summed E-state index contributed by atoms with van der Waals surface area (Å²) in [7, 11) is 3.23. The van der Waals surface area contributed by atoms with Gasteiger partial charge >= 0.3 is 0 Å². The molecule has 28 heavy (non-hydrogen) atoms. The second-order valence-corrected chi connectivity index (χ2v) is 7.09. The van der Waals surface area contributed by atoms with Gasteiger partial charge in [-0.15, -0.1) is 0 Å². The van der Waals surface area contributed by atoms with E-state index in [0.717, 1.165) is 34.1 Å². The molecule has 148 valence electrons. The van der Waals surface area contributed by atoms with Crippen LogP contribution >= 0.6 is 0 Å². The first-order chi connectivity index (χ1) is 13.5. The van der Waals surface area contributed by atoms with Crippen LogP contribution in [0.25, 0.3) is 10.9 Å². The molecule has 0 aliphatic heterocycles. The van der Waals surface area contributed by atoms with Crippen molar-refractivity contribution < 1.29 is 14.3 Å². The van der Waals surface area contributed by atoms with Gasteiger partial charge in [0.25, 0.3) is 0 Å². The summed E-state index contributed by atoms with van der Waals surface area (Å²) < 4.78 is 12.5. The number of fused-ring (bicyclic) bond motifs is 1. The highest BCUT2D eigenvalue weighted by molar-refractivity contribution is 5.96. The second kappa shape index (κ2) is 8.48. The van der Waals surface area contributed by atoms with Gasteiger partial charge in [0.1, 0.15) is 0 Å². The first-order valence-corrected chi connectivity index (χ1v) is 9.55. The molecule has 0 amide bonds. The van der Waals surface area contributed by atoms with Gasteiger partial charge in [0.2, 0.25) is 5.91 Å². The summed E-state index contributed by atoms with van der Waals surface area (Å²) in [6.45, 7) is 4.53. The first kappa shape index (κ1) is 20.0. The summed E-state index contributed by atoms with van der Waals surface area (Å²) in [6, 6.07) is 13.8. The molecular weight excluding hydrogens is 352 g/mol. The number of aromatic nitrogens is 1. The molecule has 0 spiro atoms. The minimum atomic E-state index is -0.182. The van der Waals surface area contributed by atoms with Crippen LogP contribution in [-0.4, -0.2) is 31.2 Å². The highest BCUT2D eigenvalue weighted by Gasteiger charge is 2.22. The monoisotopic (exact) mass is 380 g/mol. The number of ether oxygens (including phenoxy) is 2. The number of nitrogens with two attached hydrogens (primary N) is 1. The minimum absolute atomic E-state index is 0.0896. The van der Waals surface area contributed by atoms with Crippen LogP contribution in [0.2, 0.25) is 0 Å². The van der Waals surface area contributed by atoms with Gasteiger partial charge in [-0.2, -0.15) is 0 Å². The minimum Gasteiger partial charge on any atom is -0.493 e. The molecule has 0 saturated heterocycles. The van der Waals surface area contributed by atoms with Crippen molar-refractivity contribution in [3.05, 3.63) is 59.3 Å². The molecule has 2 aromatic carbocycles. The maximum Gasteiger partial charge on any atom is 0.234 e. The normalized spacial score (nSPS) is 12.2. The van der Waals surface area contributed by atoms with Gasteiger partial charge < -0.3 is 15.2 Å². The summed E-state index contributed by atoms with van der Waals surface area (Å²) >= 11 is 0. The smallest absolute Gasteiger partial charge is 0.234 e. The standard InChI is InChI=1S/C23H28N2O3/c1-15(13-17-9-10-21(27-3)22(14-17)28-4)23(26)25-16(2)18(11-12-24)19-7-5-6-8-20(19)25/h5-10,14-15H,11-13,24H2,1-4H3. The molecule has 1 atom stereocenters. The summed E-state index contributed by atoms with van der Waals surface area (Å²) in [4.78, 5) is 13.4. The zero-order valence-corrected chi connectivity index (χ0v) is 17.0. The molecule has 3 aromatic rings. The number of carbonyl (C=O) groups excluding carboxylic acids is 1. The maximum atomic E-state index is 13.4. The Morgan fingerprint density at radius 1 is 1.11 bits per heavy atom. The molecule has 1 heterocycles. The quantitative estimate of drug-likeness (QED) is 0.673. The number of rotatable bonds is 7. The zero-order valence-electron chi connectivity index (χ0n) is 17.0. The van der Waals surface area contributed by atoms with Gasteiger partial charge in [-0.25, -0.2) is 0 Å². The van der Waals surface area contributed by atoms with Crippen molar-refractivity contribution in [2.24, 2.45) is 11.7 Å². The summed E-state index contributed by atoms with van der Waals surface area (Å²) in [5.74, 6) is 1.27. The van der Waals surface area contributed by atoms with Crippen LogP contribution in [0.5, 0.6) is 11.5 Å². The number of para-hydroxylation sites is 1. The fraction of sp³-hybridized carbons (Fsp3) is 0.348. The van der Waals surface area contributed by atoms with E-state index < -0.39 is 0 Å². The molecule has 0 radical (unpaired) electrons. The molecular formula is C23H28N2O3. The molecule has 0 saturated carbocycles. The van der Waals surface area contributed by atoms with Crippen molar-refractivity contribution in [1.82, 2.24) is 4.57 Å². The molecule has 0 aliphatic rings. The molecule has 0 fully saturated rings. The summed E-state index contributed by atoms with van der Waals surface area (Å²) in [5.41, 5.74) is 9.93. The van der Waals surface area contributed by atoms with Crippen molar-refractivity contribution in [1.29, 1.82) is 0 Å². The lowest BCUT2D eigenvalue weighted by Crippen LogP contribution is -2.22. The average molecular weight is 380 g/mol. The van der Waals surface area contributed by atoms with Gasteiger partial charge in [0, 0.05) is 17.0 Å². The van der Waals surface area contributed by atoms with Gasteiger partial charge in [0.05, 0.1) is 19.7 Å². The number of hydrogen-bond donors (Lipinski definition) is 1. The van der Waals surface area contributed by atoms with Crippen LogP contribution in [0.15, 0.2) is 42.5 Å². The van der Waals surface area contributed by atoms with Crippen molar-refractivity contribution >= 4 is 16.8 Å². The van der Waals surface area contributed by atoms with E-state index >= 15 is 0 Å². The molecule has 3 rings (SSSR count). The highest BCUT2D eigenvalue weighted by atomic mass is 16.5. The summed E-state index contributed by atoms with van der Waals surface area (Å²) in [5, 5.41) is 1.11. The maximum absolute atomic E-state index is 13.4. The predicted molar refractivity (Wildman–Crippen MR) is 112 cm³/mol. The zero-order chi connectivity index (χ0) is 20.3. The molecule has 5 heteroatoms. The highest BCUT2D eigenvalue weighted by Crippen LogP contribution is 2.30. The van der Waals surface area contributed by atoms with Crippen LogP contribution in [0.3, 0.4) is 0 Å². The number of nitrogens with zero attached hydrogens (tertiary/aromatic N) is 1. The van der Waals surface area contributed by atoms with E-state index in [1.807, 2.05) is 54.8 Å². The first-order valence-electron chi connectivity index (χ1n) is 9.55. The second-order valence-electron chi connectivity index (χ2n) is 7.09. The summed E-state index contributed by atoms with van der Waals surface area (Å²) in [6.07, 6.45) is 1.38. The van der Waals surface area contributed by atoms with Crippen LogP contribution < -0.4 is 15.2 Å². The Balaban J connectivity index is 1.93. The Labute approximate surface area is 166 Å². The fourth-order valence-corrected chi connectivity index (χ4v) is 3.85. The third-order valence-electron chi connectivity index (χ3n) is 5.27. The van der Waals surface area contributed by atoms with E-state index in [0.29, 0.717) is 24.5 Å². The van der Waals surface area contributed by atoms with Gasteiger partial charge in [-0.1, -0.05) is 31.2 Å². The van der Waals surface area contributed by atoms with E-state index in [1.54, 1.807) is 14.2 Å². The van der Waals surface area contributed by atoms with Crippen LogP contribution in [0.1, 0.15) is 28.5 Å². The van der Waals surface area contributed by atoms with Crippen molar-refractivity contribution in [2.75, 3.05) is 20.8 Å². The Morgan fingerprint density at radius 2 is 1.82 bits per heavy atom. The van der Waals surface area contributed by atoms with Crippen LogP contribution in [0.4, 0.5) is 0 Å². The SMILES string of the molecule is COc1ccc(CC(C)C(=O)n2c(C)c(CCN)c3ccccc32)cc1OC. The average Bonchev–Trinajstić information content (AvgIpc) is 2.99. The lowest BCUT2D eigenvalue weighted by atomic mass is 9.99. The molecule has 1 unspecified atom stereocenters. The van der Waals surface area contributed by atoms with Crippen LogP contribution in [0, 0.1) is 12.8 Å². The molecule has 1 aromatic heterocycles. The Morgan fingerprint density at radius 3 is 2.50 bits per heavy atom.